The molecule has 0 saturated heterocycles. The van der Waals surface area contributed by atoms with Crippen LogP contribution in [0.3, 0.4) is 0 Å². The molecule has 1 aromatic heterocycles. The quantitative estimate of drug-likeness (QED) is 0.895. The van der Waals surface area contributed by atoms with Gasteiger partial charge in [-0.2, -0.15) is 0 Å². The van der Waals surface area contributed by atoms with Crippen molar-refractivity contribution >= 4 is 37.3 Å². The molecule has 7 heteroatoms. The molecular weight excluding hydrogens is 326 g/mol. The normalized spacial score (nSPS) is 24.6. The Labute approximate surface area is 114 Å². The summed E-state index contributed by atoms with van der Waals surface area (Å²) in [4.78, 5) is 0. The van der Waals surface area contributed by atoms with Gasteiger partial charge in [-0.3, -0.25) is 0 Å². The number of rotatable bonds is 5. The molecule has 1 heterocycles. The number of halogens is 1. The van der Waals surface area contributed by atoms with E-state index in [9.17, 15) is 8.42 Å². The van der Waals surface area contributed by atoms with Gasteiger partial charge in [-0.1, -0.05) is 0 Å². The summed E-state index contributed by atoms with van der Waals surface area (Å²) >= 11 is 4.48. The van der Waals surface area contributed by atoms with E-state index in [0.717, 1.165) is 16.6 Å². The van der Waals surface area contributed by atoms with E-state index in [1.54, 1.807) is 12.1 Å². The van der Waals surface area contributed by atoms with E-state index in [0.29, 0.717) is 10.8 Å². The highest BCUT2D eigenvalue weighted by Crippen LogP contribution is 2.29. The van der Waals surface area contributed by atoms with Crippen LogP contribution < -0.4 is 4.72 Å². The van der Waals surface area contributed by atoms with Crippen LogP contribution in [0.1, 0.15) is 19.8 Å². The summed E-state index contributed by atoms with van der Waals surface area (Å²) < 4.78 is 33.2. The van der Waals surface area contributed by atoms with E-state index in [1.807, 2.05) is 6.92 Å². The fraction of sp³-hybridized carbons (Fsp3) is 0.600. The van der Waals surface area contributed by atoms with Crippen molar-refractivity contribution < 1.29 is 13.2 Å². The van der Waals surface area contributed by atoms with Crippen LogP contribution in [0.4, 0.5) is 0 Å². The molecule has 0 aliphatic heterocycles. The Balaban J connectivity index is 1.92. The molecule has 1 N–H and O–H groups in total. The Morgan fingerprint density at radius 3 is 2.76 bits per heavy atom. The van der Waals surface area contributed by atoms with Gasteiger partial charge in [-0.05, 0) is 47.8 Å². The lowest BCUT2D eigenvalue weighted by molar-refractivity contribution is -0.00474. The summed E-state index contributed by atoms with van der Waals surface area (Å²) in [7, 11) is -3.35. The summed E-state index contributed by atoms with van der Waals surface area (Å²) in [5.41, 5.74) is 0. The monoisotopic (exact) mass is 339 g/mol. The van der Waals surface area contributed by atoms with Crippen molar-refractivity contribution in [3.8, 4) is 0 Å². The zero-order valence-corrected chi connectivity index (χ0v) is 12.6. The second kappa shape index (κ2) is 5.36. The zero-order chi connectivity index (χ0) is 12.5. The largest absolute Gasteiger partial charge is 0.378 e. The van der Waals surface area contributed by atoms with Crippen LogP contribution in [-0.2, 0) is 14.8 Å². The van der Waals surface area contributed by atoms with Crippen molar-refractivity contribution in [2.24, 2.45) is 0 Å². The molecule has 2 rings (SSSR count). The van der Waals surface area contributed by atoms with E-state index < -0.39 is 10.0 Å². The van der Waals surface area contributed by atoms with E-state index >= 15 is 0 Å². The maximum atomic E-state index is 12.0. The van der Waals surface area contributed by atoms with Crippen LogP contribution in [-0.4, -0.2) is 27.2 Å². The molecular formula is C10H14BrNO3S2. The summed E-state index contributed by atoms with van der Waals surface area (Å²) in [6.07, 6.45) is 1.74. The minimum Gasteiger partial charge on any atom is -0.378 e. The molecule has 0 aromatic carbocycles. The predicted octanol–water partition coefficient (Wildman–Crippen LogP) is 2.36. The van der Waals surface area contributed by atoms with Crippen molar-refractivity contribution in [1.82, 2.24) is 4.72 Å². The van der Waals surface area contributed by atoms with Gasteiger partial charge >= 0.3 is 0 Å². The van der Waals surface area contributed by atoms with Gasteiger partial charge in [0.15, 0.2) is 0 Å². The zero-order valence-electron chi connectivity index (χ0n) is 9.35. The van der Waals surface area contributed by atoms with Crippen molar-refractivity contribution in [3.63, 3.8) is 0 Å². The molecule has 1 saturated carbocycles. The first-order chi connectivity index (χ1) is 8.01. The Kier molecular flexibility index (Phi) is 4.25. The van der Waals surface area contributed by atoms with Gasteiger partial charge in [0.25, 0.3) is 0 Å². The first-order valence-electron chi connectivity index (χ1n) is 5.40. The molecule has 0 bridgehead atoms. The molecule has 0 spiro atoms. The number of hydrogen-bond donors (Lipinski definition) is 1. The second-order valence-electron chi connectivity index (χ2n) is 3.93. The smallest absolute Gasteiger partial charge is 0.250 e. The van der Waals surface area contributed by atoms with E-state index in [4.69, 9.17) is 4.74 Å². The average molecular weight is 340 g/mol. The third-order valence-corrected chi connectivity index (χ3v) is 6.27. The standard InChI is InChI=1S/C10H14BrNO3S2/c1-2-15-8-5-7(6-8)12-17(13,14)10-4-3-9(11)16-10/h3-4,7-8,12H,2,5-6H2,1H3. The van der Waals surface area contributed by atoms with Crippen LogP contribution in [0.5, 0.6) is 0 Å². The van der Waals surface area contributed by atoms with E-state index in [2.05, 4.69) is 20.7 Å². The van der Waals surface area contributed by atoms with Gasteiger partial charge in [0.2, 0.25) is 10.0 Å². The van der Waals surface area contributed by atoms with Crippen molar-refractivity contribution in [2.75, 3.05) is 6.61 Å². The molecule has 1 aromatic rings. The van der Waals surface area contributed by atoms with Gasteiger partial charge < -0.3 is 4.74 Å². The minimum atomic E-state index is -3.35. The van der Waals surface area contributed by atoms with Gasteiger partial charge in [0.05, 0.1) is 9.89 Å². The molecule has 1 fully saturated rings. The first-order valence-corrected chi connectivity index (χ1v) is 8.50. The molecule has 4 nitrogen and oxygen atoms in total. The van der Waals surface area contributed by atoms with E-state index in [-0.39, 0.29) is 12.1 Å². The number of thiophene rings is 1. The third-order valence-electron chi connectivity index (χ3n) is 2.63. The highest BCUT2D eigenvalue weighted by Gasteiger charge is 2.33. The first kappa shape index (κ1) is 13.5. The van der Waals surface area contributed by atoms with Crippen molar-refractivity contribution in [1.29, 1.82) is 0 Å². The van der Waals surface area contributed by atoms with Crippen molar-refractivity contribution in [3.05, 3.63) is 15.9 Å². The second-order valence-corrected chi connectivity index (χ2v) is 8.33. The maximum absolute atomic E-state index is 12.0. The van der Waals surface area contributed by atoms with E-state index in [1.165, 1.54) is 11.3 Å². The van der Waals surface area contributed by atoms with Gasteiger partial charge in [-0.15, -0.1) is 11.3 Å². The molecule has 0 atom stereocenters. The average Bonchev–Trinajstić information content (AvgIpc) is 2.62. The van der Waals surface area contributed by atoms with Crippen LogP contribution in [0.15, 0.2) is 20.1 Å². The Bertz CT molecular complexity index is 479. The molecule has 17 heavy (non-hydrogen) atoms. The molecule has 96 valence electrons. The Morgan fingerprint density at radius 2 is 2.24 bits per heavy atom. The predicted molar refractivity (Wildman–Crippen MR) is 70.8 cm³/mol. The Morgan fingerprint density at radius 1 is 1.53 bits per heavy atom. The summed E-state index contributed by atoms with van der Waals surface area (Å²) in [6, 6.07) is 3.36. The molecule has 0 unspecified atom stereocenters. The highest BCUT2D eigenvalue weighted by atomic mass is 79.9. The fourth-order valence-corrected chi connectivity index (χ4v) is 5.04. The third kappa shape index (κ3) is 3.29. The number of nitrogens with one attached hydrogen (secondary N) is 1. The van der Waals surface area contributed by atoms with Crippen molar-refractivity contribution in [2.45, 2.75) is 36.1 Å². The van der Waals surface area contributed by atoms with Crippen LogP contribution >= 0.6 is 27.3 Å². The highest BCUT2D eigenvalue weighted by molar-refractivity contribution is 9.11. The van der Waals surface area contributed by atoms with Gasteiger partial charge in [-0.25, -0.2) is 13.1 Å². The van der Waals surface area contributed by atoms with Crippen LogP contribution in [0.2, 0.25) is 0 Å². The lowest BCUT2D eigenvalue weighted by Gasteiger charge is -2.34. The van der Waals surface area contributed by atoms with Crippen LogP contribution in [0, 0.1) is 0 Å². The Hall–Kier alpha value is 0.0500. The summed E-state index contributed by atoms with van der Waals surface area (Å²) in [5.74, 6) is 0. The molecule has 1 aliphatic rings. The summed E-state index contributed by atoms with van der Waals surface area (Å²) in [6.45, 7) is 2.63. The number of hydrogen-bond acceptors (Lipinski definition) is 4. The van der Waals surface area contributed by atoms with Crippen LogP contribution in [0.25, 0.3) is 0 Å². The lowest BCUT2D eigenvalue weighted by atomic mass is 9.90. The molecule has 0 radical (unpaired) electrons. The molecule has 0 amide bonds. The topological polar surface area (TPSA) is 55.4 Å². The fourth-order valence-electron chi connectivity index (χ4n) is 1.75. The number of ether oxygens (including phenoxy) is 1. The molecule has 1 aliphatic carbocycles. The minimum absolute atomic E-state index is 0.0115. The van der Waals surface area contributed by atoms with Gasteiger partial charge in [0.1, 0.15) is 4.21 Å². The number of sulfonamides is 1. The maximum Gasteiger partial charge on any atom is 0.250 e. The SMILES string of the molecule is CCOC1CC(NS(=O)(=O)c2ccc(Br)s2)C1. The lowest BCUT2D eigenvalue weighted by Crippen LogP contribution is -2.47. The van der Waals surface area contributed by atoms with Gasteiger partial charge in [0, 0.05) is 12.6 Å². The summed E-state index contributed by atoms with van der Waals surface area (Å²) in [5, 5.41) is 0.